The molecule has 1 aliphatic heterocycles. The minimum absolute atomic E-state index is 0.0799. The van der Waals surface area contributed by atoms with E-state index in [-0.39, 0.29) is 18.2 Å². The lowest BCUT2D eigenvalue weighted by atomic mass is 10.0. The summed E-state index contributed by atoms with van der Waals surface area (Å²) < 4.78 is 5.45. The van der Waals surface area contributed by atoms with Crippen LogP contribution in [0.5, 0.6) is 0 Å². The number of amides is 1. The van der Waals surface area contributed by atoms with Crippen LogP contribution in [0.2, 0.25) is 5.02 Å². The Hall–Kier alpha value is -1.26. The third-order valence-electron chi connectivity index (χ3n) is 3.28. The van der Waals surface area contributed by atoms with Gasteiger partial charge in [0.1, 0.15) is 5.60 Å². The molecule has 2 rings (SSSR count). The molecule has 2 N–H and O–H groups in total. The molecular formula is C15H21ClN2O2. The van der Waals surface area contributed by atoms with Crippen LogP contribution < -0.4 is 5.73 Å². The van der Waals surface area contributed by atoms with Gasteiger partial charge in [-0.1, -0.05) is 23.7 Å². The second kappa shape index (κ2) is 5.62. The van der Waals surface area contributed by atoms with Crippen LogP contribution in [0.15, 0.2) is 24.3 Å². The number of halogens is 1. The van der Waals surface area contributed by atoms with Crippen molar-refractivity contribution in [3.05, 3.63) is 34.9 Å². The molecule has 5 heteroatoms. The standard InChI is InChI=1S/C15H21ClN2O2/c1-15(2,3)20-14(19)18-9-8-12(17)13(18)10-4-6-11(16)7-5-10/h4-7,12-13H,8-9,17H2,1-3H3/t12-,13-/m1/s1. The Morgan fingerprint density at radius 3 is 2.50 bits per heavy atom. The van der Waals surface area contributed by atoms with Gasteiger partial charge in [-0.05, 0) is 44.9 Å². The van der Waals surface area contributed by atoms with E-state index < -0.39 is 5.60 Å². The van der Waals surface area contributed by atoms with Crippen LogP contribution in [0, 0.1) is 0 Å². The monoisotopic (exact) mass is 296 g/mol. The van der Waals surface area contributed by atoms with Gasteiger partial charge in [0.15, 0.2) is 0 Å². The molecule has 1 amide bonds. The molecule has 0 radical (unpaired) electrons. The van der Waals surface area contributed by atoms with Gasteiger partial charge in [0.2, 0.25) is 0 Å². The number of benzene rings is 1. The fraction of sp³-hybridized carbons (Fsp3) is 0.533. The molecule has 1 aromatic rings. The van der Waals surface area contributed by atoms with E-state index >= 15 is 0 Å². The Balaban J connectivity index is 2.20. The van der Waals surface area contributed by atoms with Gasteiger partial charge < -0.3 is 10.5 Å². The number of hydrogen-bond acceptors (Lipinski definition) is 3. The van der Waals surface area contributed by atoms with Crippen LogP contribution in [0.1, 0.15) is 38.8 Å². The highest BCUT2D eigenvalue weighted by Crippen LogP contribution is 2.33. The van der Waals surface area contributed by atoms with Crippen molar-refractivity contribution in [3.63, 3.8) is 0 Å². The number of carbonyl (C=O) groups excluding carboxylic acids is 1. The minimum Gasteiger partial charge on any atom is -0.444 e. The van der Waals surface area contributed by atoms with Crippen molar-refractivity contribution < 1.29 is 9.53 Å². The van der Waals surface area contributed by atoms with Crippen LogP contribution in [-0.4, -0.2) is 29.2 Å². The summed E-state index contributed by atoms with van der Waals surface area (Å²) in [6.07, 6.45) is 0.456. The summed E-state index contributed by atoms with van der Waals surface area (Å²) >= 11 is 5.90. The maximum absolute atomic E-state index is 12.3. The van der Waals surface area contributed by atoms with Crippen LogP contribution in [-0.2, 0) is 4.74 Å². The first-order chi connectivity index (χ1) is 9.28. The lowest BCUT2D eigenvalue weighted by Crippen LogP contribution is -2.39. The maximum Gasteiger partial charge on any atom is 0.410 e. The molecule has 0 bridgehead atoms. The molecule has 20 heavy (non-hydrogen) atoms. The number of carbonyl (C=O) groups is 1. The number of rotatable bonds is 1. The summed E-state index contributed by atoms with van der Waals surface area (Å²) in [5, 5.41) is 0.670. The van der Waals surface area contributed by atoms with E-state index in [1.807, 2.05) is 45.0 Å². The third kappa shape index (κ3) is 3.44. The summed E-state index contributed by atoms with van der Waals surface area (Å²) in [6.45, 7) is 6.19. The molecule has 0 aliphatic carbocycles. The van der Waals surface area contributed by atoms with Crippen molar-refractivity contribution in [2.24, 2.45) is 5.73 Å². The van der Waals surface area contributed by atoms with E-state index in [4.69, 9.17) is 22.1 Å². The van der Waals surface area contributed by atoms with Gasteiger partial charge in [0.05, 0.1) is 6.04 Å². The molecule has 0 aromatic heterocycles. The van der Waals surface area contributed by atoms with Crippen LogP contribution in [0.4, 0.5) is 4.79 Å². The van der Waals surface area contributed by atoms with Crippen LogP contribution in [0.25, 0.3) is 0 Å². The Labute approximate surface area is 124 Å². The number of likely N-dealkylation sites (tertiary alicyclic amines) is 1. The summed E-state index contributed by atoms with van der Waals surface area (Å²) in [7, 11) is 0. The Morgan fingerprint density at radius 1 is 1.35 bits per heavy atom. The molecule has 1 fully saturated rings. The second-order valence-electron chi connectivity index (χ2n) is 6.12. The number of nitrogens with zero attached hydrogens (tertiary/aromatic N) is 1. The van der Waals surface area contributed by atoms with Gasteiger partial charge in [0, 0.05) is 17.6 Å². The lowest BCUT2D eigenvalue weighted by Gasteiger charge is -2.30. The molecule has 110 valence electrons. The first-order valence-corrected chi connectivity index (χ1v) is 7.16. The van der Waals surface area contributed by atoms with Crippen molar-refractivity contribution in [1.29, 1.82) is 0 Å². The van der Waals surface area contributed by atoms with E-state index in [0.717, 1.165) is 12.0 Å². The molecule has 0 saturated carbocycles. The first-order valence-electron chi connectivity index (χ1n) is 6.78. The van der Waals surface area contributed by atoms with Gasteiger partial charge in [-0.15, -0.1) is 0 Å². The predicted molar refractivity (Wildman–Crippen MR) is 79.7 cm³/mol. The zero-order valence-corrected chi connectivity index (χ0v) is 12.9. The molecule has 1 aromatic carbocycles. The average Bonchev–Trinajstić information content (AvgIpc) is 2.70. The molecular weight excluding hydrogens is 276 g/mol. The van der Waals surface area contributed by atoms with Crippen molar-refractivity contribution in [1.82, 2.24) is 4.90 Å². The highest BCUT2D eigenvalue weighted by molar-refractivity contribution is 6.30. The Kier molecular flexibility index (Phi) is 4.25. The van der Waals surface area contributed by atoms with E-state index in [1.54, 1.807) is 4.90 Å². The highest BCUT2D eigenvalue weighted by Gasteiger charge is 2.38. The number of hydrogen-bond donors (Lipinski definition) is 1. The number of ether oxygens (including phenoxy) is 1. The molecule has 0 spiro atoms. The largest absolute Gasteiger partial charge is 0.444 e. The minimum atomic E-state index is -0.506. The summed E-state index contributed by atoms with van der Waals surface area (Å²) in [4.78, 5) is 14.0. The van der Waals surface area contributed by atoms with Gasteiger partial charge in [0.25, 0.3) is 0 Å². The maximum atomic E-state index is 12.3. The number of nitrogens with two attached hydrogens (primary N) is 1. The third-order valence-corrected chi connectivity index (χ3v) is 3.54. The molecule has 4 nitrogen and oxygen atoms in total. The van der Waals surface area contributed by atoms with Crippen molar-refractivity contribution >= 4 is 17.7 Å². The zero-order valence-electron chi connectivity index (χ0n) is 12.1. The van der Waals surface area contributed by atoms with Crippen molar-refractivity contribution in [2.45, 2.75) is 44.9 Å². The smallest absolute Gasteiger partial charge is 0.410 e. The van der Waals surface area contributed by atoms with E-state index in [9.17, 15) is 4.79 Å². The van der Waals surface area contributed by atoms with Gasteiger partial charge in [-0.2, -0.15) is 0 Å². The van der Waals surface area contributed by atoms with Gasteiger partial charge >= 0.3 is 6.09 Å². The van der Waals surface area contributed by atoms with Gasteiger partial charge in [-0.3, -0.25) is 4.90 Å². The molecule has 1 heterocycles. The summed E-state index contributed by atoms with van der Waals surface area (Å²) in [5.41, 5.74) is 6.64. The SMILES string of the molecule is CC(C)(C)OC(=O)N1CC[C@@H](N)[C@H]1c1ccc(Cl)cc1. The van der Waals surface area contributed by atoms with Crippen LogP contribution >= 0.6 is 11.6 Å². The lowest BCUT2D eigenvalue weighted by molar-refractivity contribution is 0.0218. The fourth-order valence-corrected chi connectivity index (χ4v) is 2.55. The van der Waals surface area contributed by atoms with Gasteiger partial charge in [-0.25, -0.2) is 4.79 Å². The molecule has 2 atom stereocenters. The topological polar surface area (TPSA) is 55.6 Å². The Morgan fingerprint density at radius 2 is 1.95 bits per heavy atom. The van der Waals surface area contributed by atoms with Crippen LogP contribution in [0.3, 0.4) is 0 Å². The highest BCUT2D eigenvalue weighted by atomic mass is 35.5. The van der Waals surface area contributed by atoms with E-state index in [1.165, 1.54) is 0 Å². The molecule has 1 aliphatic rings. The molecule has 0 unspecified atom stereocenters. The molecule has 1 saturated heterocycles. The normalized spacial score (nSPS) is 22.9. The average molecular weight is 297 g/mol. The first kappa shape index (κ1) is 15.1. The van der Waals surface area contributed by atoms with Crippen molar-refractivity contribution in [3.8, 4) is 0 Å². The fourth-order valence-electron chi connectivity index (χ4n) is 2.43. The second-order valence-corrected chi connectivity index (χ2v) is 6.56. The summed E-state index contributed by atoms with van der Waals surface area (Å²) in [6, 6.07) is 7.22. The van der Waals surface area contributed by atoms with Crippen molar-refractivity contribution in [2.75, 3.05) is 6.54 Å². The summed E-state index contributed by atoms with van der Waals surface area (Å²) in [5.74, 6) is 0. The quantitative estimate of drug-likeness (QED) is 0.864. The predicted octanol–water partition coefficient (Wildman–Crippen LogP) is 3.35. The zero-order chi connectivity index (χ0) is 14.9. The van der Waals surface area contributed by atoms with E-state index in [0.29, 0.717) is 11.6 Å². The van der Waals surface area contributed by atoms with E-state index in [2.05, 4.69) is 0 Å². The Bertz CT molecular complexity index is 482.